The topological polar surface area (TPSA) is 46.2 Å². The number of hydrogen-bond acceptors (Lipinski definition) is 3. The number of rotatable bonds is 3. The minimum atomic E-state index is -0.0833. The smallest absolute Gasteiger partial charge is 0.0259 e. The summed E-state index contributed by atoms with van der Waals surface area (Å²) in [6, 6.07) is 7.77. The van der Waals surface area contributed by atoms with Crippen LogP contribution in [0.25, 0.3) is 0 Å². The molecule has 0 aliphatic carbocycles. The first kappa shape index (κ1) is 18.5. The van der Waals surface area contributed by atoms with E-state index < -0.39 is 0 Å². The van der Waals surface area contributed by atoms with Crippen molar-refractivity contribution in [1.29, 1.82) is 0 Å². The summed E-state index contributed by atoms with van der Waals surface area (Å²) in [6.45, 7) is 4.42. The average Bonchev–Trinajstić information content (AvgIpc) is 2.16. The van der Waals surface area contributed by atoms with Gasteiger partial charge in [0.25, 0.3) is 0 Å². The van der Waals surface area contributed by atoms with E-state index in [1.54, 1.807) is 6.41 Å². The Morgan fingerprint density at radius 3 is 2.25 bits per heavy atom. The Kier molecular flexibility index (Phi) is 13.4. The van der Waals surface area contributed by atoms with Crippen LogP contribution >= 0.6 is 21.2 Å². The van der Waals surface area contributed by atoms with Gasteiger partial charge < -0.3 is 21.2 Å². The minimum Gasteiger partial charge on any atom is -0.519 e. The third-order valence-corrected chi connectivity index (χ3v) is 2.17. The van der Waals surface area contributed by atoms with Crippen LogP contribution in [0.15, 0.2) is 29.2 Å². The second-order valence-corrected chi connectivity index (χ2v) is 4.12. The van der Waals surface area contributed by atoms with E-state index in [0.29, 0.717) is 0 Å². The minimum absolute atomic E-state index is 0. The summed E-state index contributed by atoms with van der Waals surface area (Å²) in [5.41, 5.74) is 0. The number of carbonyl (C=O) groups excluding carboxylic acids is 2. The van der Waals surface area contributed by atoms with E-state index in [-0.39, 0.29) is 38.5 Å². The Morgan fingerprint density at radius 2 is 1.88 bits per heavy atom. The predicted molar refractivity (Wildman–Crippen MR) is 66.5 cm³/mol. The molecule has 1 N–H and O–H groups in total. The fourth-order valence-corrected chi connectivity index (χ4v) is 1.24. The standard InChI is InChI=1S/C7H7NOPS.C3H5O.Y/c9-5-8-11-7-3-1-6(10)2-4-7;1-3(2)4;/h1-4H,10H2,(H,8,9);1H2,2H3;/q2*-1;. The van der Waals surface area contributed by atoms with Crippen molar-refractivity contribution in [2.24, 2.45) is 0 Å². The Labute approximate surface area is 128 Å². The summed E-state index contributed by atoms with van der Waals surface area (Å²) in [7, 11) is 2.59. The van der Waals surface area contributed by atoms with Crippen molar-refractivity contribution in [3.63, 3.8) is 0 Å². The largest absolute Gasteiger partial charge is 0.519 e. The molecule has 1 radical (unpaired) electrons. The second-order valence-electron chi connectivity index (χ2n) is 2.58. The van der Waals surface area contributed by atoms with Gasteiger partial charge in [-0.2, -0.15) is 6.41 Å². The molecule has 0 fully saturated rings. The van der Waals surface area contributed by atoms with E-state index in [1.807, 2.05) is 24.3 Å². The zero-order chi connectivity index (χ0) is 11.7. The molecular formula is C10H12NO2PSY-2. The molecule has 0 saturated carbocycles. The van der Waals surface area contributed by atoms with Gasteiger partial charge in [0.05, 0.1) is 0 Å². The number of hydrogen-bond donors (Lipinski definition) is 1. The quantitative estimate of drug-likeness (QED) is 0.393. The summed E-state index contributed by atoms with van der Waals surface area (Å²) in [5.74, 6) is -0.0833. The van der Waals surface area contributed by atoms with Crippen LogP contribution in [0.4, 0.5) is 0 Å². The van der Waals surface area contributed by atoms with E-state index >= 15 is 0 Å². The van der Waals surface area contributed by atoms with Crippen molar-refractivity contribution in [3.8, 4) is 0 Å². The zero-order valence-corrected chi connectivity index (χ0v) is 13.7. The molecule has 0 saturated heterocycles. The Morgan fingerprint density at radius 1 is 1.44 bits per heavy atom. The van der Waals surface area contributed by atoms with Crippen molar-refractivity contribution in [1.82, 2.24) is 4.72 Å². The van der Waals surface area contributed by atoms with E-state index in [9.17, 15) is 9.59 Å². The maximum Gasteiger partial charge on any atom is 0.0259 e. The van der Waals surface area contributed by atoms with Crippen molar-refractivity contribution in [2.75, 3.05) is 0 Å². The van der Waals surface area contributed by atoms with Crippen LogP contribution < -0.4 is 10.0 Å². The summed E-state index contributed by atoms with van der Waals surface area (Å²) in [5, 5.41) is 1.13. The maximum absolute atomic E-state index is 9.78. The number of benzene rings is 1. The first-order valence-electron chi connectivity index (χ1n) is 4.03. The van der Waals surface area contributed by atoms with Gasteiger partial charge in [-0.05, 0) is 42.1 Å². The van der Waals surface area contributed by atoms with Crippen LogP contribution in [-0.2, 0) is 42.3 Å². The van der Waals surface area contributed by atoms with E-state index in [4.69, 9.17) is 0 Å². The third kappa shape index (κ3) is 12.2. The number of nitrogens with one attached hydrogen (secondary N) is 1. The Hall–Kier alpha value is 0.114. The molecule has 1 aromatic rings. The van der Waals surface area contributed by atoms with Crippen molar-refractivity contribution in [2.45, 2.75) is 11.8 Å². The molecule has 1 unspecified atom stereocenters. The molecule has 16 heavy (non-hydrogen) atoms. The molecule has 0 aromatic heterocycles. The maximum atomic E-state index is 9.78. The van der Waals surface area contributed by atoms with Crippen LogP contribution in [0.2, 0.25) is 0 Å². The summed E-state index contributed by atoms with van der Waals surface area (Å²) in [4.78, 5) is 20.1. The molecule has 0 aliphatic rings. The van der Waals surface area contributed by atoms with Crippen LogP contribution in [0.1, 0.15) is 6.92 Å². The Bertz CT molecular complexity index is 315. The van der Waals surface area contributed by atoms with E-state index in [0.717, 1.165) is 10.2 Å². The second kappa shape index (κ2) is 11.6. The first-order valence-corrected chi connectivity index (χ1v) is 5.42. The number of Topliss-reactive ketones (excluding diaryl/α,β-unsaturated/α-hetero) is 1. The fourth-order valence-electron chi connectivity index (χ4n) is 0.616. The molecule has 3 nitrogen and oxygen atoms in total. The van der Waals surface area contributed by atoms with E-state index in [1.165, 1.54) is 18.9 Å². The summed E-state index contributed by atoms with van der Waals surface area (Å²) < 4.78 is 2.39. The van der Waals surface area contributed by atoms with Crippen molar-refractivity contribution < 1.29 is 42.3 Å². The molecule has 1 amide bonds. The van der Waals surface area contributed by atoms with Gasteiger partial charge in [-0.1, -0.05) is 12.1 Å². The van der Waals surface area contributed by atoms with Crippen molar-refractivity contribution in [3.05, 3.63) is 31.2 Å². The van der Waals surface area contributed by atoms with Gasteiger partial charge in [-0.25, -0.2) is 0 Å². The van der Waals surface area contributed by atoms with Gasteiger partial charge in [0, 0.05) is 37.6 Å². The summed E-state index contributed by atoms with van der Waals surface area (Å²) >= 11 is 1.25. The van der Waals surface area contributed by atoms with Gasteiger partial charge in [0.2, 0.25) is 0 Å². The predicted octanol–water partition coefficient (Wildman–Crippen LogP) is 1.26. The average molecular weight is 330 g/mol. The van der Waals surface area contributed by atoms with Crippen molar-refractivity contribution >= 4 is 38.7 Å². The normalized spacial score (nSPS) is 7.88. The van der Waals surface area contributed by atoms with Crippen LogP contribution in [0.5, 0.6) is 0 Å². The number of carbonyl (C=O) groups is 1. The number of amides is 1. The van der Waals surface area contributed by atoms with Gasteiger partial charge >= 0.3 is 0 Å². The van der Waals surface area contributed by atoms with Crippen LogP contribution in [0.3, 0.4) is 0 Å². The van der Waals surface area contributed by atoms with Crippen LogP contribution in [-0.4, -0.2) is 12.2 Å². The zero-order valence-electron chi connectivity index (χ0n) is 8.90. The van der Waals surface area contributed by atoms with Crippen LogP contribution in [0, 0.1) is 6.92 Å². The Balaban J connectivity index is 0. The molecular weight excluding hydrogens is 318 g/mol. The van der Waals surface area contributed by atoms with Gasteiger partial charge in [-0.15, -0.1) is 9.24 Å². The molecule has 0 aliphatic heterocycles. The monoisotopic (exact) mass is 330 g/mol. The fraction of sp³-hybridized carbons (Fsp3) is 0.100. The molecule has 1 aromatic carbocycles. The molecule has 1 rings (SSSR count). The number of ketones is 1. The van der Waals surface area contributed by atoms with E-state index in [2.05, 4.69) is 20.9 Å². The molecule has 0 spiro atoms. The first-order chi connectivity index (χ1) is 7.06. The van der Waals surface area contributed by atoms with Gasteiger partial charge in [0.15, 0.2) is 0 Å². The summed E-state index contributed by atoms with van der Waals surface area (Å²) in [6.07, 6.45) is 1.59. The molecule has 1 atom stereocenters. The third-order valence-electron chi connectivity index (χ3n) is 1.09. The molecule has 0 bridgehead atoms. The molecule has 6 heteroatoms. The van der Waals surface area contributed by atoms with Gasteiger partial charge in [-0.3, -0.25) is 0 Å². The van der Waals surface area contributed by atoms with Gasteiger partial charge in [0.1, 0.15) is 0 Å². The molecule has 85 valence electrons. The molecule has 0 heterocycles. The SMILES string of the molecule is O=[C-]NSc1ccc(P)cc1.[CH2-]C(C)=O.[Y].